The molecule has 29 heavy (non-hydrogen) atoms. The second-order valence-electron chi connectivity index (χ2n) is 6.85. The normalized spacial score (nSPS) is 11.0. The molecule has 0 bridgehead atoms. The monoisotopic (exact) mass is 392 g/mol. The van der Waals surface area contributed by atoms with Gasteiger partial charge in [0, 0.05) is 43.7 Å². The number of pyridine rings is 1. The smallest absolute Gasteiger partial charge is 0.188 e. The van der Waals surface area contributed by atoms with Gasteiger partial charge in [-0.05, 0) is 37.6 Å². The van der Waals surface area contributed by atoms with E-state index in [1.807, 2.05) is 37.8 Å². The number of ether oxygens (including phenoxy) is 1. The third-order valence-corrected chi connectivity index (χ3v) is 4.56. The first kappa shape index (κ1) is 18.8. The van der Waals surface area contributed by atoms with Gasteiger partial charge in [-0.1, -0.05) is 6.07 Å². The van der Waals surface area contributed by atoms with E-state index in [-0.39, 0.29) is 12.4 Å². The Morgan fingerprint density at radius 1 is 1.14 bits per heavy atom. The summed E-state index contributed by atoms with van der Waals surface area (Å²) in [6.07, 6.45) is 6.08. The summed E-state index contributed by atoms with van der Waals surface area (Å²) < 4.78 is 22.7. The van der Waals surface area contributed by atoms with E-state index in [1.165, 1.54) is 12.1 Å². The molecular formula is C21H21FN6O. The minimum Gasteiger partial charge on any atom is -0.485 e. The Hall–Kier alpha value is -3.55. The molecule has 3 heterocycles. The molecule has 0 saturated carbocycles. The Balaban J connectivity index is 1.66. The Labute approximate surface area is 167 Å². The molecule has 0 unspecified atom stereocenters. The van der Waals surface area contributed by atoms with Crippen molar-refractivity contribution < 1.29 is 9.13 Å². The van der Waals surface area contributed by atoms with Gasteiger partial charge < -0.3 is 4.74 Å². The minimum absolute atomic E-state index is 0.138. The predicted molar refractivity (Wildman–Crippen MR) is 105 cm³/mol. The minimum atomic E-state index is -0.346. The summed E-state index contributed by atoms with van der Waals surface area (Å²) in [5.41, 5.74) is 3.91. The van der Waals surface area contributed by atoms with Crippen LogP contribution in [0.25, 0.3) is 5.69 Å². The number of benzene rings is 1. The molecule has 0 fully saturated rings. The highest BCUT2D eigenvalue weighted by molar-refractivity contribution is 5.38. The van der Waals surface area contributed by atoms with Crippen molar-refractivity contribution in [3.05, 3.63) is 83.2 Å². The topological polar surface area (TPSA) is 70.7 Å². The molecule has 8 heteroatoms. The van der Waals surface area contributed by atoms with Crippen LogP contribution >= 0.6 is 0 Å². The van der Waals surface area contributed by atoms with E-state index in [9.17, 15) is 4.39 Å². The van der Waals surface area contributed by atoms with Crippen molar-refractivity contribution >= 4 is 0 Å². The molecule has 0 aliphatic carbocycles. The van der Waals surface area contributed by atoms with Crippen LogP contribution in [0.4, 0.5) is 4.39 Å². The lowest BCUT2D eigenvalue weighted by Gasteiger charge is -2.08. The summed E-state index contributed by atoms with van der Waals surface area (Å²) in [5.74, 6) is 1.38. The summed E-state index contributed by atoms with van der Waals surface area (Å²) in [6, 6.07) is 7.92. The Bertz CT molecular complexity index is 1150. The number of rotatable bonds is 6. The van der Waals surface area contributed by atoms with Gasteiger partial charge in [-0.3, -0.25) is 9.67 Å². The molecule has 148 valence electrons. The molecule has 4 aromatic rings. The average molecular weight is 392 g/mol. The summed E-state index contributed by atoms with van der Waals surface area (Å²) in [7, 11) is 1.90. The standard InChI is InChI=1S/C21H21FN6O/c1-14-11-23-8-7-19(14)28-21(9-16-12-27(3)25-15(16)2)24-20(26-28)13-29-18-6-4-5-17(22)10-18/h4-8,10-12H,9,13H2,1-3H3. The van der Waals surface area contributed by atoms with Gasteiger partial charge in [0.1, 0.15) is 24.0 Å². The van der Waals surface area contributed by atoms with Crippen LogP contribution in [0.2, 0.25) is 0 Å². The van der Waals surface area contributed by atoms with E-state index in [2.05, 4.69) is 20.2 Å². The highest BCUT2D eigenvalue weighted by Gasteiger charge is 2.16. The largest absolute Gasteiger partial charge is 0.485 e. The SMILES string of the molecule is Cc1cnccc1-n1nc(COc2cccc(F)c2)nc1Cc1cn(C)nc1C. The maximum atomic E-state index is 13.4. The van der Waals surface area contributed by atoms with Crippen LogP contribution in [0.1, 0.15) is 28.5 Å². The Kier molecular flexibility index (Phi) is 5.07. The predicted octanol–water partition coefficient (Wildman–Crippen LogP) is 3.32. The zero-order valence-electron chi connectivity index (χ0n) is 16.5. The van der Waals surface area contributed by atoms with Crippen LogP contribution in [-0.2, 0) is 20.1 Å². The van der Waals surface area contributed by atoms with E-state index in [0.29, 0.717) is 18.0 Å². The van der Waals surface area contributed by atoms with Gasteiger partial charge in [-0.25, -0.2) is 14.1 Å². The number of aromatic nitrogens is 6. The van der Waals surface area contributed by atoms with Crippen LogP contribution in [-0.4, -0.2) is 29.5 Å². The van der Waals surface area contributed by atoms with Crippen molar-refractivity contribution in [1.29, 1.82) is 0 Å². The fourth-order valence-corrected chi connectivity index (χ4v) is 3.16. The summed E-state index contributed by atoms with van der Waals surface area (Å²) in [5, 5.41) is 9.05. The molecule has 0 saturated heterocycles. The fourth-order valence-electron chi connectivity index (χ4n) is 3.16. The number of hydrogen-bond donors (Lipinski definition) is 0. The molecule has 7 nitrogen and oxygen atoms in total. The molecule has 0 atom stereocenters. The molecule has 0 N–H and O–H groups in total. The van der Waals surface area contributed by atoms with Crippen molar-refractivity contribution in [3.8, 4) is 11.4 Å². The molecular weight excluding hydrogens is 371 g/mol. The van der Waals surface area contributed by atoms with Gasteiger partial charge in [-0.15, -0.1) is 5.10 Å². The van der Waals surface area contributed by atoms with E-state index >= 15 is 0 Å². The number of aryl methyl sites for hydroxylation is 3. The maximum Gasteiger partial charge on any atom is 0.188 e. The zero-order chi connectivity index (χ0) is 20.4. The lowest BCUT2D eigenvalue weighted by atomic mass is 10.2. The van der Waals surface area contributed by atoms with Crippen LogP contribution in [0.5, 0.6) is 5.75 Å². The van der Waals surface area contributed by atoms with E-state index < -0.39 is 0 Å². The van der Waals surface area contributed by atoms with Gasteiger partial charge in [0.25, 0.3) is 0 Å². The maximum absolute atomic E-state index is 13.4. The molecule has 1 aromatic carbocycles. The van der Waals surface area contributed by atoms with Crippen LogP contribution in [0.15, 0.2) is 48.9 Å². The van der Waals surface area contributed by atoms with Gasteiger partial charge in [0.2, 0.25) is 0 Å². The molecule has 4 rings (SSSR count). The highest BCUT2D eigenvalue weighted by Crippen LogP contribution is 2.19. The van der Waals surface area contributed by atoms with Gasteiger partial charge in [-0.2, -0.15) is 5.10 Å². The third kappa shape index (κ3) is 4.16. The lowest BCUT2D eigenvalue weighted by Crippen LogP contribution is -2.06. The Morgan fingerprint density at radius 3 is 2.72 bits per heavy atom. The van der Waals surface area contributed by atoms with Crippen LogP contribution < -0.4 is 4.74 Å². The van der Waals surface area contributed by atoms with Crippen molar-refractivity contribution in [2.75, 3.05) is 0 Å². The van der Waals surface area contributed by atoms with Crippen LogP contribution in [0.3, 0.4) is 0 Å². The van der Waals surface area contributed by atoms with E-state index in [1.54, 1.807) is 29.2 Å². The van der Waals surface area contributed by atoms with Gasteiger partial charge >= 0.3 is 0 Å². The van der Waals surface area contributed by atoms with Crippen LogP contribution in [0, 0.1) is 19.7 Å². The quantitative estimate of drug-likeness (QED) is 0.503. The van der Waals surface area contributed by atoms with E-state index in [0.717, 1.165) is 28.3 Å². The second kappa shape index (κ2) is 7.83. The molecule has 0 spiro atoms. The number of halogens is 1. The highest BCUT2D eigenvalue weighted by atomic mass is 19.1. The zero-order valence-corrected chi connectivity index (χ0v) is 16.5. The molecule has 0 aliphatic heterocycles. The van der Waals surface area contributed by atoms with Crippen molar-refractivity contribution in [2.45, 2.75) is 26.9 Å². The van der Waals surface area contributed by atoms with Crippen molar-refractivity contribution in [2.24, 2.45) is 7.05 Å². The van der Waals surface area contributed by atoms with Crippen molar-refractivity contribution in [1.82, 2.24) is 29.5 Å². The summed E-state index contributed by atoms with van der Waals surface area (Å²) >= 11 is 0. The molecule has 0 radical (unpaired) electrons. The first-order valence-corrected chi connectivity index (χ1v) is 9.23. The summed E-state index contributed by atoms with van der Waals surface area (Å²) in [4.78, 5) is 8.84. The van der Waals surface area contributed by atoms with Gasteiger partial charge in [0.05, 0.1) is 11.4 Å². The first-order chi connectivity index (χ1) is 14.0. The molecule has 3 aromatic heterocycles. The third-order valence-electron chi connectivity index (χ3n) is 4.56. The first-order valence-electron chi connectivity index (χ1n) is 9.23. The number of hydrogen-bond acceptors (Lipinski definition) is 5. The summed E-state index contributed by atoms with van der Waals surface area (Å²) in [6.45, 7) is 4.09. The second-order valence-corrected chi connectivity index (χ2v) is 6.85. The van der Waals surface area contributed by atoms with E-state index in [4.69, 9.17) is 4.74 Å². The fraction of sp³-hybridized carbons (Fsp3) is 0.238. The average Bonchev–Trinajstić information content (AvgIpc) is 3.23. The molecule has 0 amide bonds. The van der Waals surface area contributed by atoms with Crippen molar-refractivity contribution in [3.63, 3.8) is 0 Å². The lowest BCUT2D eigenvalue weighted by molar-refractivity contribution is 0.294. The number of nitrogens with zero attached hydrogens (tertiary/aromatic N) is 6. The molecule has 0 aliphatic rings. The van der Waals surface area contributed by atoms with Gasteiger partial charge in [0.15, 0.2) is 5.82 Å². The Morgan fingerprint density at radius 2 is 2.00 bits per heavy atom.